The highest BCUT2D eigenvalue weighted by Crippen LogP contribution is 2.25. The van der Waals surface area contributed by atoms with E-state index in [0.717, 1.165) is 11.5 Å². The average molecular weight is 322 g/mol. The summed E-state index contributed by atoms with van der Waals surface area (Å²) in [6.45, 7) is 8.70. The number of hydrogen-bond acceptors (Lipinski definition) is 8. The van der Waals surface area contributed by atoms with Crippen LogP contribution in [0.1, 0.15) is 43.7 Å². The van der Waals surface area contributed by atoms with Gasteiger partial charge in [-0.15, -0.1) is 0 Å². The van der Waals surface area contributed by atoms with Crippen molar-refractivity contribution in [2.24, 2.45) is 10.5 Å². The van der Waals surface area contributed by atoms with Gasteiger partial charge in [0.15, 0.2) is 5.78 Å². The van der Waals surface area contributed by atoms with Crippen molar-refractivity contribution in [3.63, 3.8) is 0 Å². The fourth-order valence-corrected chi connectivity index (χ4v) is 2.21. The van der Waals surface area contributed by atoms with Gasteiger partial charge in [0.2, 0.25) is 5.71 Å². The fraction of sp³-hybridized carbons (Fsp3) is 0.500. The van der Waals surface area contributed by atoms with Gasteiger partial charge in [-0.1, -0.05) is 20.8 Å². The van der Waals surface area contributed by atoms with Gasteiger partial charge in [-0.3, -0.25) is 10.2 Å². The van der Waals surface area contributed by atoms with Crippen molar-refractivity contribution < 1.29 is 14.3 Å². The van der Waals surface area contributed by atoms with Crippen molar-refractivity contribution in [3.8, 4) is 6.07 Å². The fourth-order valence-electron chi connectivity index (χ4n) is 1.48. The number of rotatable bonds is 5. The molecule has 0 spiro atoms. The molecule has 0 fully saturated rings. The zero-order valence-corrected chi connectivity index (χ0v) is 14.0. The summed E-state index contributed by atoms with van der Waals surface area (Å²) in [5.41, 5.74) is 2.36. The number of aryl methyl sites for hydroxylation is 1. The van der Waals surface area contributed by atoms with E-state index in [1.807, 2.05) is 0 Å². The number of ketones is 1. The van der Waals surface area contributed by atoms with Crippen LogP contribution in [0.3, 0.4) is 0 Å². The Kier molecular flexibility index (Phi) is 5.77. The molecule has 7 nitrogen and oxygen atoms in total. The van der Waals surface area contributed by atoms with E-state index in [9.17, 15) is 9.59 Å². The van der Waals surface area contributed by atoms with Crippen LogP contribution >= 0.6 is 11.5 Å². The van der Waals surface area contributed by atoms with Crippen molar-refractivity contribution in [2.45, 2.75) is 34.6 Å². The van der Waals surface area contributed by atoms with Gasteiger partial charge < -0.3 is 4.74 Å². The van der Waals surface area contributed by atoms with Crippen molar-refractivity contribution in [3.05, 3.63) is 11.3 Å². The Morgan fingerprint density at radius 1 is 1.45 bits per heavy atom. The topological polar surface area (TPSA) is 104 Å². The summed E-state index contributed by atoms with van der Waals surface area (Å²) in [6, 6.07) is 1.77. The maximum absolute atomic E-state index is 12.0. The maximum Gasteiger partial charge on any atom is 0.343 e. The molecule has 0 saturated carbocycles. The number of nitrogens with zero attached hydrogens (tertiary/aromatic N) is 3. The molecule has 1 aromatic rings. The van der Waals surface area contributed by atoms with Gasteiger partial charge in [-0.2, -0.15) is 14.7 Å². The molecule has 118 valence electrons. The van der Waals surface area contributed by atoms with Crippen LogP contribution in [0.5, 0.6) is 0 Å². The number of carbonyl (C=O) groups excluding carboxylic acids is 2. The summed E-state index contributed by atoms with van der Waals surface area (Å²) in [5.74, 6) is -0.909. The van der Waals surface area contributed by atoms with Gasteiger partial charge in [-0.25, -0.2) is 4.79 Å². The molecule has 0 aliphatic rings. The molecule has 0 radical (unpaired) electrons. The number of Topliss-reactive ketones (excluding diaryl/α,β-unsaturated/α-hetero) is 1. The van der Waals surface area contributed by atoms with Gasteiger partial charge in [-0.05, 0) is 25.4 Å². The largest absolute Gasteiger partial charge is 0.462 e. The van der Waals surface area contributed by atoms with Crippen LogP contribution in [-0.2, 0) is 9.53 Å². The summed E-state index contributed by atoms with van der Waals surface area (Å²) in [6.07, 6.45) is 0. The summed E-state index contributed by atoms with van der Waals surface area (Å²) in [5, 5.41) is 13.2. The Morgan fingerprint density at radius 3 is 2.59 bits per heavy atom. The molecule has 1 aromatic heterocycles. The van der Waals surface area contributed by atoms with Crippen molar-refractivity contribution >= 4 is 34.0 Å². The quantitative estimate of drug-likeness (QED) is 0.507. The second-order valence-electron chi connectivity index (χ2n) is 5.46. The zero-order chi connectivity index (χ0) is 16.9. The Hall–Kier alpha value is -2.27. The first kappa shape index (κ1) is 17.8. The van der Waals surface area contributed by atoms with Crippen molar-refractivity contribution in [1.29, 1.82) is 5.26 Å². The molecule has 8 heteroatoms. The normalized spacial score (nSPS) is 11.7. The minimum atomic E-state index is -0.718. The lowest BCUT2D eigenvalue weighted by Crippen LogP contribution is -2.28. The first-order valence-corrected chi connectivity index (χ1v) is 7.41. The molecular formula is C14H18N4O3S. The average Bonchev–Trinajstić information content (AvgIpc) is 2.79. The van der Waals surface area contributed by atoms with Gasteiger partial charge in [0.1, 0.15) is 16.6 Å². The highest BCUT2D eigenvalue weighted by atomic mass is 32.1. The summed E-state index contributed by atoms with van der Waals surface area (Å²) in [4.78, 5) is 23.9. The zero-order valence-electron chi connectivity index (χ0n) is 13.2. The molecule has 0 unspecified atom stereocenters. The lowest BCUT2D eigenvalue weighted by atomic mass is 9.88. The maximum atomic E-state index is 12.0. The number of carbonyl (C=O) groups is 2. The number of aromatic nitrogens is 1. The van der Waals surface area contributed by atoms with Gasteiger partial charge in [0.05, 0.1) is 12.3 Å². The number of ether oxygens (including phenoxy) is 1. The third kappa shape index (κ3) is 4.11. The van der Waals surface area contributed by atoms with Crippen molar-refractivity contribution in [1.82, 2.24) is 4.37 Å². The number of nitriles is 1. The predicted molar refractivity (Wildman–Crippen MR) is 83.9 cm³/mol. The van der Waals surface area contributed by atoms with Crippen LogP contribution in [-0.4, -0.2) is 28.4 Å². The Balaban J connectivity index is 3.06. The van der Waals surface area contributed by atoms with Crippen LogP contribution in [0.15, 0.2) is 5.10 Å². The van der Waals surface area contributed by atoms with Gasteiger partial charge >= 0.3 is 5.97 Å². The second-order valence-corrected chi connectivity index (χ2v) is 6.23. The summed E-state index contributed by atoms with van der Waals surface area (Å²) < 4.78 is 9.01. The number of esters is 1. The molecule has 0 aromatic carbocycles. The molecule has 1 heterocycles. The monoisotopic (exact) mass is 322 g/mol. The molecular weight excluding hydrogens is 304 g/mol. The third-order valence-corrected chi connectivity index (χ3v) is 3.46. The number of hydrogen-bond donors (Lipinski definition) is 1. The smallest absolute Gasteiger partial charge is 0.343 e. The lowest BCUT2D eigenvalue weighted by molar-refractivity contribution is -0.119. The Bertz CT molecular complexity index is 650. The van der Waals surface area contributed by atoms with E-state index in [0.29, 0.717) is 10.7 Å². The minimum Gasteiger partial charge on any atom is -0.462 e. The highest BCUT2D eigenvalue weighted by Gasteiger charge is 2.27. The van der Waals surface area contributed by atoms with E-state index in [1.165, 1.54) is 0 Å². The number of hydrazone groups is 1. The Labute approximate surface area is 133 Å². The predicted octanol–water partition coefficient (Wildman–Crippen LogP) is 2.53. The summed E-state index contributed by atoms with van der Waals surface area (Å²) >= 11 is 1.01. The molecule has 22 heavy (non-hydrogen) atoms. The first-order chi connectivity index (χ1) is 10.2. The number of nitrogens with one attached hydrogen (secondary N) is 1. The van der Waals surface area contributed by atoms with E-state index in [2.05, 4.69) is 14.9 Å². The molecule has 0 aliphatic heterocycles. The molecule has 0 aliphatic carbocycles. The molecule has 0 amide bonds. The molecule has 0 saturated heterocycles. The van der Waals surface area contributed by atoms with E-state index >= 15 is 0 Å². The lowest BCUT2D eigenvalue weighted by Gasteiger charge is -2.14. The molecule has 1 N–H and O–H groups in total. The first-order valence-electron chi connectivity index (χ1n) is 6.64. The van der Waals surface area contributed by atoms with Crippen LogP contribution in [0.2, 0.25) is 0 Å². The summed E-state index contributed by atoms with van der Waals surface area (Å²) in [7, 11) is 0. The SMILES string of the molecule is CCOC(=O)c1c(C)nsc1N/N=C(\C#N)C(=O)C(C)(C)C. The standard InChI is InChI=1S/C14H18N4O3S/c1-6-21-13(20)10-8(2)18-22-12(10)17-16-9(7-15)11(19)14(3,4)5/h17H,6H2,1-5H3/b16-9+. The third-order valence-electron chi connectivity index (χ3n) is 2.61. The molecule has 0 bridgehead atoms. The van der Waals surface area contributed by atoms with E-state index < -0.39 is 11.4 Å². The van der Waals surface area contributed by atoms with Gasteiger partial charge in [0, 0.05) is 5.41 Å². The molecule has 1 rings (SSSR count). The van der Waals surface area contributed by atoms with E-state index in [4.69, 9.17) is 10.00 Å². The van der Waals surface area contributed by atoms with E-state index in [-0.39, 0.29) is 23.7 Å². The van der Waals surface area contributed by atoms with Crippen LogP contribution in [0.4, 0.5) is 5.00 Å². The molecule has 0 atom stereocenters. The van der Waals surface area contributed by atoms with Crippen molar-refractivity contribution in [2.75, 3.05) is 12.0 Å². The number of anilines is 1. The minimum absolute atomic E-state index is 0.239. The van der Waals surface area contributed by atoms with Crippen LogP contribution in [0, 0.1) is 23.7 Å². The van der Waals surface area contributed by atoms with Crippen LogP contribution in [0.25, 0.3) is 0 Å². The van der Waals surface area contributed by atoms with E-state index in [1.54, 1.807) is 40.7 Å². The van der Waals surface area contributed by atoms with Gasteiger partial charge in [0.25, 0.3) is 0 Å². The highest BCUT2D eigenvalue weighted by molar-refractivity contribution is 7.10. The second kappa shape index (κ2) is 7.13. The van der Waals surface area contributed by atoms with Crippen LogP contribution < -0.4 is 5.43 Å². The Morgan fingerprint density at radius 2 is 2.09 bits per heavy atom.